The number of amides is 2. The highest BCUT2D eigenvalue weighted by molar-refractivity contribution is 7.92. The van der Waals surface area contributed by atoms with Gasteiger partial charge in [-0.1, -0.05) is 18.2 Å². The minimum absolute atomic E-state index is 0.000166. The van der Waals surface area contributed by atoms with Gasteiger partial charge in [-0.2, -0.15) is 0 Å². The number of fused-ring (bicyclic) bond motifs is 1. The monoisotopic (exact) mass is 511 g/mol. The maximum atomic E-state index is 13.5. The molecule has 1 aliphatic rings. The first-order valence-electron chi connectivity index (χ1n) is 11.4. The van der Waals surface area contributed by atoms with Gasteiger partial charge in [0.05, 0.1) is 17.5 Å². The van der Waals surface area contributed by atoms with Crippen LogP contribution in [0.2, 0.25) is 0 Å². The van der Waals surface area contributed by atoms with Crippen LogP contribution >= 0.6 is 0 Å². The van der Waals surface area contributed by atoms with Crippen LogP contribution in [0.1, 0.15) is 40.4 Å². The van der Waals surface area contributed by atoms with Crippen molar-refractivity contribution in [2.75, 3.05) is 17.9 Å². The Morgan fingerprint density at radius 2 is 1.83 bits per heavy atom. The summed E-state index contributed by atoms with van der Waals surface area (Å²) in [6, 6.07) is 16.5. The summed E-state index contributed by atoms with van der Waals surface area (Å²) in [5.74, 6) is -0.676. The van der Waals surface area contributed by atoms with E-state index in [1.165, 1.54) is 37.3 Å². The van der Waals surface area contributed by atoms with Crippen LogP contribution in [0.15, 0.2) is 71.6 Å². The fourth-order valence-electron chi connectivity index (χ4n) is 4.25. The highest BCUT2D eigenvalue weighted by Gasteiger charge is 2.31. The number of halogens is 1. The summed E-state index contributed by atoms with van der Waals surface area (Å²) in [7, 11) is -3.96. The van der Waals surface area contributed by atoms with Crippen molar-refractivity contribution in [2.45, 2.75) is 30.7 Å². The smallest absolute Gasteiger partial charge is 0.262 e. The van der Waals surface area contributed by atoms with E-state index in [1.807, 2.05) is 24.3 Å². The highest BCUT2D eigenvalue weighted by atomic mass is 32.2. The zero-order valence-corrected chi connectivity index (χ0v) is 20.4. The Balaban J connectivity index is 1.57. The molecule has 0 fully saturated rings. The van der Waals surface area contributed by atoms with Gasteiger partial charge in [-0.25, -0.2) is 12.8 Å². The predicted molar refractivity (Wildman–Crippen MR) is 133 cm³/mol. The van der Waals surface area contributed by atoms with E-state index in [0.29, 0.717) is 24.3 Å². The molecule has 3 N–H and O–H groups in total. The zero-order chi connectivity index (χ0) is 25.9. The van der Waals surface area contributed by atoms with Crippen molar-refractivity contribution in [3.05, 3.63) is 89.2 Å². The van der Waals surface area contributed by atoms with E-state index in [4.69, 9.17) is 10.5 Å². The average molecular weight is 512 g/mol. The molecule has 0 aliphatic carbocycles. The molecule has 3 aromatic rings. The van der Waals surface area contributed by atoms with E-state index in [9.17, 15) is 22.4 Å². The molecule has 0 spiro atoms. The van der Waals surface area contributed by atoms with E-state index < -0.39 is 21.7 Å². The standard InChI is InChI=1S/C26H26FN3O5S/c1-17-16-19(27)8-11-24(17)36(33,34)29-20-9-6-18(7-10-20)26(32)30(14-12-25(28)31)22-13-15-35-23-5-3-2-4-21(22)23/h2-11,16,22,29H,12-15H2,1H3,(H2,28,31). The molecule has 1 aliphatic heterocycles. The van der Waals surface area contributed by atoms with Crippen LogP contribution in [-0.2, 0) is 14.8 Å². The number of sulfonamides is 1. The molecule has 1 heterocycles. The molecule has 3 aromatic carbocycles. The molecule has 0 aromatic heterocycles. The molecule has 36 heavy (non-hydrogen) atoms. The van der Waals surface area contributed by atoms with Gasteiger partial charge >= 0.3 is 0 Å². The molecule has 2 amide bonds. The number of nitrogens with zero attached hydrogens (tertiary/aromatic N) is 1. The number of hydrogen-bond acceptors (Lipinski definition) is 5. The number of hydrogen-bond donors (Lipinski definition) is 2. The van der Waals surface area contributed by atoms with E-state index in [1.54, 1.807) is 4.90 Å². The van der Waals surface area contributed by atoms with Crippen molar-refractivity contribution in [3.63, 3.8) is 0 Å². The second-order valence-electron chi connectivity index (χ2n) is 8.50. The lowest BCUT2D eigenvalue weighted by molar-refractivity contribution is -0.118. The number of nitrogens with two attached hydrogens (primary N) is 1. The van der Waals surface area contributed by atoms with Crippen molar-refractivity contribution < 1.29 is 27.1 Å². The molecular weight excluding hydrogens is 485 g/mol. The molecule has 188 valence electrons. The normalized spacial score (nSPS) is 14.9. The number of para-hydroxylation sites is 1. The van der Waals surface area contributed by atoms with Crippen LogP contribution in [0.25, 0.3) is 0 Å². The van der Waals surface area contributed by atoms with Gasteiger partial charge < -0.3 is 15.4 Å². The number of benzene rings is 3. The van der Waals surface area contributed by atoms with Crippen LogP contribution in [0, 0.1) is 12.7 Å². The number of carbonyl (C=O) groups excluding carboxylic acids is 2. The first-order valence-corrected chi connectivity index (χ1v) is 12.8. The number of anilines is 1. The first-order chi connectivity index (χ1) is 17.2. The second kappa shape index (κ2) is 10.4. The average Bonchev–Trinajstić information content (AvgIpc) is 2.84. The maximum absolute atomic E-state index is 13.5. The molecule has 0 saturated carbocycles. The first kappa shape index (κ1) is 25.2. The van der Waals surface area contributed by atoms with Gasteiger partial charge in [0.2, 0.25) is 5.91 Å². The van der Waals surface area contributed by atoms with Crippen molar-refractivity contribution >= 4 is 27.5 Å². The van der Waals surface area contributed by atoms with Gasteiger partial charge in [0.1, 0.15) is 11.6 Å². The fraction of sp³-hybridized carbons (Fsp3) is 0.231. The number of primary amides is 1. The summed E-state index contributed by atoms with van der Waals surface area (Å²) in [5.41, 5.74) is 7.05. The van der Waals surface area contributed by atoms with Crippen molar-refractivity contribution in [2.24, 2.45) is 5.73 Å². The second-order valence-corrected chi connectivity index (χ2v) is 10.1. The highest BCUT2D eigenvalue weighted by Crippen LogP contribution is 2.36. The van der Waals surface area contributed by atoms with Crippen molar-refractivity contribution in [3.8, 4) is 5.75 Å². The topological polar surface area (TPSA) is 119 Å². The molecule has 0 bridgehead atoms. The molecule has 10 heteroatoms. The van der Waals surface area contributed by atoms with Gasteiger partial charge in [0.15, 0.2) is 0 Å². The molecule has 4 rings (SSSR count). The maximum Gasteiger partial charge on any atom is 0.262 e. The molecule has 0 radical (unpaired) electrons. The van der Waals surface area contributed by atoms with E-state index in [-0.39, 0.29) is 41.1 Å². The van der Waals surface area contributed by atoms with E-state index in [0.717, 1.165) is 17.7 Å². The molecule has 1 unspecified atom stereocenters. The zero-order valence-electron chi connectivity index (χ0n) is 19.6. The summed E-state index contributed by atoms with van der Waals surface area (Å²) in [4.78, 5) is 26.6. The Hall–Kier alpha value is -3.92. The van der Waals surface area contributed by atoms with Gasteiger partial charge in [0, 0.05) is 36.2 Å². The molecular formula is C26H26FN3O5S. The van der Waals surface area contributed by atoms with Crippen molar-refractivity contribution in [1.82, 2.24) is 4.90 Å². The minimum atomic E-state index is -3.96. The van der Waals surface area contributed by atoms with E-state index in [2.05, 4.69) is 4.72 Å². The lowest BCUT2D eigenvalue weighted by Gasteiger charge is -2.35. The molecule has 0 saturated heterocycles. The largest absolute Gasteiger partial charge is 0.493 e. The Morgan fingerprint density at radius 1 is 1.11 bits per heavy atom. The third-order valence-corrected chi connectivity index (χ3v) is 7.52. The predicted octanol–water partition coefficient (Wildman–Crippen LogP) is 3.78. The number of aryl methyl sites for hydroxylation is 1. The Labute approximate surface area is 208 Å². The van der Waals surface area contributed by atoms with Crippen LogP contribution in [0.4, 0.5) is 10.1 Å². The summed E-state index contributed by atoms with van der Waals surface area (Å²) in [6.07, 6.45) is 0.552. The van der Waals surface area contributed by atoms with Gasteiger partial charge in [-0.3, -0.25) is 14.3 Å². The van der Waals surface area contributed by atoms with Gasteiger partial charge in [-0.15, -0.1) is 0 Å². The molecule has 8 nitrogen and oxygen atoms in total. The third-order valence-electron chi connectivity index (χ3n) is 5.97. The van der Waals surface area contributed by atoms with Gasteiger partial charge in [-0.05, 0) is 61.0 Å². The summed E-state index contributed by atoms with van der Waals surface area (Å²) < 4.78 is 47.1. The Morgan fingerprint density at radius 3 is 2.53 bits per heavy atom. The number of nitrogens with one attached hydrogen (secondary N) is 1. The molecule has 1 atom stereocenters. The Kier molecular flexibility index (Phi) is 7.25. The van der Waals surface area contributed by atoms with Crippen LogP contribution < -0.4 is 15.2 Å². The van der Waals surface area contributed by atoms with Crippen LogP contribution in [0.3, 0.4) is 0 Å². The number of ether oxygens (including phenoxy) is 1. The summed E-state index contributed by atoms with van der Waals surface area (Å²) in [5, 5.41) is 0. The summed E-state index contributed by atoms with van der Waals surface area (Å²) >= 11 is 0. The van der Waals surface area contributed by atoms with Crippen LogP contribution in [-0.4, -0.2) is 38.3 Å². The van der Waals surface area contributed by atoms with Crippen LogP contribution in [0.5, 0.6) is 5.75 Å². The lowest BCUT2D eigenvalue weighted by atomic mass is 9.97. The minimum Gasteiger partial charge on any atom is -0.493 e. The SMILES string of the molecule is Cc1cc(F)ccc1S(=O)(=O)Nc1ccc(C(=O)N(CCC(N)=O)C2CCOc3ccccc32)cc1. The Bertz CT molecular complexity index is 1390. The third kappa shape index (κ3) is 5.49. The van der Waals surface area contributed by atoms with Crippen molar-refractivity contribution in [1.29, 1.82) is 0 Å². The number of carbonyl (C=O) groups is 2. The van der Waals surface area contributed by atoms with Gasteiger partial charge in [0.25, 0.3) is 15.9 Å². The fourth-order valence-corrected chi connectivity index (χ4v) is 5.53. The quantitative estimate of drug-likeness (QED) is 0.477. The summed E-state index contributed by atoms with van der Waals surface area (Å²) in [6.45, 7) is 2.06. The lowest BCUT2D eigenvalue weighted by Crippen LogP contribution is -2.39. The van der Waals surface area contributed by atoms with E-state index >= 15 is 0 Å². The number of rotatable bonds is 8.